The zero-order valence-electron chi connectivity index (χ0n) is 14.9. The number of rotatable bonds is 9. The Hall–Kier alpha value is -0.511. The first-order chi connectivity index (χ1) is 10.5. The van der Waals surface area contributed by atoms with Gasteiger partial charge in [0.2, 0.25) is 0 Å². The summed E-state index contributed by atoms with van der Waals surface area (Å²) >= 11 is -2.35. The van der Waals surface area contributed by atoms with E-state index >= 15 is 0 Å². The third kappa shape index (κ3) is 5.60. The van der Waals surface area contributed by atoms with E-state index in [1.54, 1.807) is 7.11 Å². The summed E-state index contributed by atoms with van der Waals surface area (Å²) in [6.45, 7) is 8.71. The van der Waals surface area contributed by atoms with Gasteiger partial charge in [0.05, 0.1) is 0 Å². The average Bonchev–Trinajstić information content (AvgIpc) is 2.52. The zero-order valence-corrected chi connectivity index (χ0v) is 17.8. The van der Waals surface area contributed by atoms with Crippen LogP contribution in [0.2, 0.25) is 4.44 Å². The predicted octanol–water partition coefficient (Wildman–Crippen LogP) is 5.02. The summed E-state index contributed by atoms with van der Waals surface area (Å²) in [6.07, 6.45) is 7.68. The van der Waals surface area contributed by atoms with Gasteiger partial charge in [0.15, 0.2) is 0 Å². The van der Waals surface area contributed by atoms with Crippen molar-refractivity contribution in [2.45, 2.75) is 70.7 Å². The predicted molar refractivity (Wildman–Crippen MR) is 96.6 cm³/mol. The molecule has 0 spiro atoms. The molecule has 0 aromatic heterocycles. The van der Waals surface area contributed by atoms with Crippen molar-refractivity contribution in [2.75, 3.05) is 7.11 Å². The first kappa shape index (κ1) is 19.5. The fourth-order valence-corrected chi connectivity index (χ4v) is 9.88. The van der Waals surface area contributed by atoms with E-state index in [-0.39, 0.29) is 3.99 Å². The van der Waals surface area contributed by atoms with Crippen LogP contribution in [0.15, 0.2) is 12.1 Å². The number of ether oxygens (including phenoxy) is 1. The summed E-state index contributed by atoms with van der Waals surface area (Å²) in [5.41, 5.74) is 3.97. The van der Waals surface area contributed by atoms with E-state index in [4.69, 9.17) is 4.74 Å². The minimum atomic E-state index is -2.35. The van der Waals surface area contributed by atoms with Crippen molar-refractivity contribution >= 4 is 27.3 Å². The van der Waals surface area contributed by atoms with Crippen molar-refractivity contribution in [3.05, 3.63) is 28.8 Å². The second-order valence-electron chi connectivity index (χ2n) is 6.17. The van der Waals surface area contributed by atoms with Gasteiger partial charge in [0.25, 0.3) is 0 Å². The third-order valence-electron chi connectivity index (χ3n) is 4.60. The molecule has 0 unspecified atom stereocenters. The van der Waals surface area contributed by atoms with Gasteiger partial charge in [-0.15, -0.1) is 0 Å². The summed E-state index contributed by atoms with van der Waals surface area (Å²) in [7, 11) is 1.54. The SMILES string of the molecule is CCCCCCC[CH2][Sn]([C](=O)OC)[c]1ccc(C)c(C)c1C. The van der Waals surface area contributed by atoms with Crippen molar-refractivity contribution in [1.29, 1.82) is 0 Å². The molecule has 1 aromatic carbocycles. The Bertz CT molecular complexity index is 483. The summed E-state index contributed by atoms with van der Waals surface area (Å²) < 4.78 is 7.66. The van der Waals surface area contributed by atoms with Crippen LogP contribution in [0.5, 0.6) is 0 Å². The molecular weight excluding hydrogens is 379 g/mol. The van der Waals surface area contributed by atoms with Crippen LogP contribution in [0.3, 0.4) is 0 Å². The van der Waals surface area contributed by atoms with Gasteiger partial charge in [0, 0.05) is 0 Å². The van der Waals surface area contributed by atoms with Crippen molar-refractivity contribution in [2.24, 2.45) is 0 Å². The summed E-state index contributed by atoms with van der Waals surface area (Å²) in [5.74, 6) is 0. The van der Waals surface area contributed by atoms with Crippen molar-refractivity contribution in [3.63, 3.8) is 0 Å². The first-order valence-electron chi connectivity index (χ1n) is 8.54. The number of aryl methyl sites for hydroxylation is 1. The minimum absolute atomic E-state index is 0.0994. The number of benzene rings is 1. The van der Waals surface area contributed by atoms with Gasteiger partial charge in [-0.3, -0.25) is 0 Å². The summed E-state index contributed by atoms with van der Waals surface area (Å²) in [4.78, 5) is 12.3. The maximum atomic E-state index is 12.3. The number of hydrogen-bond donors (Lipinski definition) is 0. The Labute approximate surface area is 143 Å². The van der Waals surface area contributed by atoms with E-state index < -0.39 is 19.8 Å². The van der Waals surface area contributed by atoms with Crippen LogP contribution >= 0.6 is 0 Å². The molecule has 0 aliphatic carbocycles. The molecule has 0 heterocycles. The molecule has 0 aliphatic rings. The Balaban J connectivity index is 2.73. The molecular formula is C19H31O2Sn. The molecule has 0 fully saturated rings. The van der Waals surface area contributed by atoms with Crippen molar-refractivity contribution in [1.82, 2.24) is 0 Å². The number of carbonyl (C=O) groups excluding carboxylic acids is 1. The Morgan fingerprint density at radius 2 is 1.64 bits per heavy atom. The molecule has 0 N–H and O–H groups in total. The second kappa shape index (κ2) is 10.3. The second-order valence-corrected chi connectivity index (χ2v) is 13.0. The topological polar surface area (TPSA) is 26.3 Å². The summed E-state index contributed by atoms with van der Waals surface area (Å²) in [6, 6.07) is 4.36. The molecule has 1 aromatic rings. The molecule has 0 saturated heterocycles. The molecule has 0 bridgehead atoms. The van der Waals surface area contributed by atoms with Gasteiger partial charge >= 0.3 is 143 Å². The van der Waals surface area contributed by atoms with E-state index in [0.29, 0.717) is 0 Å². The molecule has 0 aliphatic heterocycles. The van der Waals surface area contributed by atoms with Crippen LogP contribution in [-0.4, -0.2) is 30.9 Å². The Morgan fingerprint density at radius 1 is 1.00 bits per heavy atom. The number of methoxy groups -OCH3 is 1. The van der Waals surface area contributed by atoms with Gasteiger partial charge in [0.1, 0.15) is 0 Å². The maximum absolute atomic E-state index is 12.3. The quantitative estimate of drug-likeness (QED) is 0.422. The van der Waals surface area contributed by atoms with Crippen LogP contribution in [0.25, 0.3) is 0 Å². The number of unbranched alkanes of at least 4 members (excludes halogenated alkanes) is 5. The molecule has 22 heavy (non-hydrogen) atoms. The Morgan fingerprint density at radius 3 is 2.27 bits per heavy atom. The molecule has 0 saturated carbocycles. The van der Waals surface area contributed by atoms with Gasteiger partial charge in [-0.25, -0.2) is 0 Å². The van der Waals surface area contributed by atoms with E-state index in [1.165, 1.54) is 58.8 Å². The zero-order chi connectivity index (χ0) is 16.5. The standard InChI is InChI=1S/C9H11.C8H17.C2H3O2.Sn/c1-7-5-4-6-8(2)9(7)3;1-3-5-7-8-6-4-2;1-4-2-3;/h4-5H,1-3H3;1,3-8H2,2H3;1H3;. The number of hydrogen-bond acceptors (Lipinski definition) is 2. The van der Waals surface area contributed by atoms with Gasteiger partial charge < -0.3 is 0 Å². The molecule has 123 valence electrons. The van der Waals surface area contributed by atoms with Gasteiger partial charge in [-0.1, -0.05) is 0 Å². The monoisotopic (exact) mass is 411 g/mol. The van der Waals surface area contributed by atoms with E-state index in [2.05, 4.69) is 39.8 Å². The molecule has 0 amide bonds. The fraction of sp³-hybridized carbons (Fsp3) is 0.632. The van der Waals surface area contributed by atoms with Crippen LogP contribution in [0.4, 0.5) is 4.79 Å². The van der Waals surface area contributed by atoms with E-state index in [9.17, 15) is 4.79 Å². The van der Waals surface area contributed by atoms with Crippen molar-refractivity contribution in [3.8, 4) is 0 Å². The molecule has 2 nitrogen and oxygen atoms in total. The van der Waals surface area contributed by atoms with Crippen LogP contribution < -0.4 is 3.58 Å². The summed E-state index contributed by atoms with van der Waals surface area (Å²) in [5, 5.41) is 0. The third-order valence-corrected chi connectivity index (χ3v) is 12.4. The number of carbonyl (C=O) groups is 1. The molecule has 1 rings (SSSR count). The molecule has 1 radical (unpaired) electrons. The van der Waals surface area contributed by atoms with Crippen LogP contribution in [0, 0.1) is 20.8 Å². The van der Waals surface area contributed by atoms with Crippen molar-refractivity contribution < 1.29 is 9.53 Å². The van der Waals surface area contributed by atoms with Gasteiger partial charge in [-0.2, -0.15) is 0 Å². The Kier molecular flexibility index (Phi) is 9.14. The van der Waals surface area contributed by atoms with E-state index in [0.717, 1.165) is 4.44 Å². The van der Waals surface area contributed by atoms with Gasteiger partial charge in [-0.05, 0) is 0 Å². The molecule has 3 heteroatoms. The van der Waals surface area contributed by atoms with Crippen LogP contribution in [0.1, 0.15) is 62.1 Å². The fourth-order valence-electron chi connectivity index (χ4n) is 2.84. The first-order valence-corrected chi connectivity index (χ1v) is 13.4. The van der Waals surface area contributed by atoms with Crippen LogP contribution in [-0.2, 0) is 4.74 Å². The van der Waals surface area contributed by atoms with E-state index in [1.807, 2.05) is 0 Å². The average molecular weight is 410 g/mol. The molecule has 0 atom stereocenters. The normalized spacial score (nSPS) is 11.0.